The van der Waals surface area contributed by atoms with Crippen molar-refractivity contribution in [3.05, 3.63) is 40.9 Å². The zero-order chi connectivity index (χ0) is 22.2. The molecule has 5 heteroatoms. The van der Waals surface area contributed by atoms with Gasteiger partial charge in [-0.05, 0) is 60.1 Å². The van der Waals surface area contributed by atoms with Crippen molar-refractivity contribution in [2.75, 3.05) is 20.2 Å². The molecule has 0 bridgehead atoms. The number of ether oxygens (including phenoxy) is 2. The monoisotopic (exact) mass is 443 g/mol. The maximum atomic E-state index is 11.6. The van der Waals surface area contributed by atoms with E-state index in [1.807, 2.05) is 6.07 Å². The Labute approximate surface area is 190 Å². The van der Waals surface area contributed by atoms with Gasteiger partial charge in [-0.3, -0.25) is 9.69 Å². The fourth-order valence-corrected chi connectivity index (χ4v) is 5.29. The lowest BCUT2D eigenvalue weighted by atomic mass is 9.72. The Morgan fingerprint density at radius 3 is 2.45 bits per heavy atom. The molecule has 0 atom stereocenters. The van der Waals surface area contributed by atoms with Gasteiger partial charge in [0.25, 0.3) is 0 Å². The fraction of sp³-hybridized carbons (Fsp3) is 0.577. The maximum Gasteiger partial charge on any atom is 0.311 e. The average molecular weight is 444 g/mol. The van der Waals surface area contributed by atoms with Crippen LogP contribution in [0.25, 0.3) is 10.8 Å². The van der Waals surface area contributed by atoms with Crippen LogP contribution in [0.3, 0.4) is 0 Å². The number of benzene rings is 2. The van der Waals surface area contributed by atoms with Crippen molar-refractivity contribution >= 4 is 28.3 Å². The van der Waals surface area contributed by atoms with Crippen LogP contribution in [0.1, 0.15) is 52.0 Å². The summed E-state index contributed by atoms with van der Waals surface area (Å²) in [5, 5.41) is 2.86. The van der Waals surface area contributed by atoms with Gasteiger partial charge in [0.1, 0.15) is 5.75 Å². The molecule has 1 heterocycles. The predicted molar refractivity (Wildman–Crippen MR) is 126 cm³/mol. The number of carbonyl (C=O) groups excluding carboxylic acids is 1. The van der Waals surface area contributed by atoms with E-state index in [0.717, 1.165) is 54.9 Å². The Morgan fingerprint density at radius 2 is 1.81 bits per heavy atom. The standard InChI is InChI=1S/C26H34ClNO3/c1-26(2,3)20-7-9-21(10-8-20)31-23-12-6-18-13-17(5-11-22(18)24(23)27)14-28-15-19(16-28)25(29)30-4/h5-6,11-13,19-21H,7-10,14-16H2,1-4H3/t20-,21-. The highest BCUT2D eigenvalue weighted by Crippen LogP contribution is 2.40. The molecular weight excluding hydrogens is 410 g/mol. The van der Waals surface area contributed by atoms with Gasteiger partial charge in [-0.2, -0.15) is 0 Å². The van der Waals surface area contributed by atoms with Crippen LogP contribution in [0, 0.1) is 17.3 Å². The van der Waals surface area contributed by atoms with Crippen LogP contribution in [0.4, 0.5) is 0 Å². The second kappa shape index (κ2) is 8.99. The summed E-state index contributed by atoms with van der Waals surface area (Å²) in [6, 6.07) is 10.5. The third-order valence-corrected chi connectivity index (χ3v) is 7.46. The van der Waals surface area contributed by atoms with Crippen LogP contribution in [-0.2, 0) is 16.1 Å². The highest BCUT2D eigenvalue weighted by atomic mass is 35.5. The van der Waals surface area contributed by atoms with Crippen molar-refractivity contribution in [1.29, 1.82) is 0 Å². The van der Waals surface area contributed by atoms with Crippen LogP contribution in [0.2, 0.25) is 5.02 Å². The molecule has 1 aliphatic carbocycles. The Balaban J connectivity index is 1.38. The number of halogens is 1. The summed E-state index contributed by atoms with van der Waals surface area (Å²) in [6.07, 6.45) is 4.88. The second-order valence-corrected chi connectivity index (χ2v) is 10.7. The molecule has 4 rings (SSSR count). The Bertz CT molecular complexity index is 938. The zero-order valence-corrected chi connectivity index (χ0v) is 19.9. The summed E-state index contributed by atoms with van der Waals surface area (Å²) >= 11 is 6.74. The minimum absolute atomic E-state index is 0.0121. The first kappa shape index (κ1) is 22.4. The summed E-state index contributed by atoms with van der Waals surface area (Å²) in [7, 11) is 1.45. The Kier molecular flexibility index (Phi) is 6.50. The molecule has 31 heavy (non-hydrogen) atoms. The van der Waals surface area contributed by atoms with Gasteiger partial charge in [-0.15, -0.1) is 0 Å². The molecule has 1 saturated heterocycles. The van der Waals surface area contributed by atoms with E-state index in [4.69, 9.17) is 21.1 Å². The topological polar surface area (TPSA) is 38.8 Å². The van der Waals surface area contributed by atoms with Gasteiger partial charge in [-0.1, -0.05) is 50.6 Å². The van der Waals surface area contributed by atoms with E-state index in [9.17, 15) is 4.79 Å². The quantitative estimate of drug-likeness (QED) is 0.525. The first-order chi connectivity index (χ1) is 14.7. The minimum atomic E-state index is -0.110. The van der Waals surface area contributed by atoms with Gasteiger partial charge in [0, 0.05) is 25.0 Å². The van der Waals surface area contributed by atoms with Crippen molar-refractivity contribution < 1.29 is 14.3 Å². The van der Waals surface area contributed by atoms with E-state index in [1.165, 1.54) is 25.5 Å². The van der Waals surface area contributed by atoms with Crippen molar-refractivity contribution in [3.63, 3.8) is 0 Å². The largest absolute Gasteiger partial charge is 0.489 e. The third kappa shape index (κ3) is 5.01. The number of methoxy groups -OCH3 is 1. The molecule has 0 amide bonds. The first-order valence-corrected chi connectivity index (χ1v) is 11.8. The third-order valence-electron chi connectivity index (χ3n) is 7.07. The predicted octanol–water partition coefficient (Wildman–Crippen LogP) is 6.08. The van der Waals surface area contributed by atoms with Crippen molar-refractivity contribution in [1.82, 2.24) is 4.90 Å². The van der Waals surface area contributed by atoms with Gasteiger partial charge in [0.15, 0.2) is 0 Å². The van der Waals surface area contributed by atoms with E-state index >= 15 is 0 Å². The van der Waals surface area contributed by atoms with Gasteiger partial charge < -0.3 is 9.47 Å². The summed E-state index contributed by atoms with van der Waals surface area (Å²) in [6.45, 7) is 9.37. The molecular formula is C26H34ClNO3. The average Bonchev–Trinajstić information content (AvgIpc) is 2.71. The van der Waals surface area contributed by atoms with Crippen molar-refractivity contribution in [3.8, 4) is 5.75 Å². The molecule has 168 valence electrons. The number of hydrogen-bond acceptors (Lipinski definition) is 4. The van der Waals surface area contributed by atoms with Crippen molar-refractivity contribution in [2.24, 2.45) is 17.3 Å². The van der Waals surface area contributed by atoms with Crippen molar-refractivity contribution in [2.45, 2.75) is 59.1 Å². The molecule has 2 aromatic rings. The fourth-order valence-electron chi connectivity index (χ4n) is 5.01. The van der Waals surface area contributed by atoms with Crippen LogP contribution >= 0.6 is 11.6 Å². The normalized spacial score (nSPS) is 22.9. The van der Waals surface area contributed by atoms with E-state index in [1.54, 1.807) is 0 Å². The lowest BCUT2D eigenvalue weighted by Gasteiger charge is -2.37. The summed E-state index contributed by atoms with van der Waals surface area (Å²) in [5.74, 6) is 1.47. The smallest absolute Gasteiger partial charge is 0.311 e. The molecule has 0 radical (unpaired) electrons. The number of likely N-dealkylation sites (tertiary alicyclic amines) is 1. The number of nitrogens with zero attached hydrogens (tertiary/aromatic N) is 1. The number of carbonyl (C=O) groups is 1. The lowest BCUT2D eigenvalue weighted by molar-refractivity contribution is -0.151. The number of fused-ring (bicyclic) bond motifs is 1. The molecule has 2 aliphatic rings. The molecule has 4 nitrogen and oxygen atoms in total. The molecule has 2 fully saturated rings. The SMILES string of the molecule is COC(=O)C1CN(Cc2ccc3c(Cl)c(O[C@H]4CC[C@H](C(C)(C)C)CC4)ccc3c2)C1. The lowest BCUT2D eigenvalue weighted by Crippen LogP contribution is -2.49. The summed E-state index contributed by atoms with van der Waals surface area (Å²) < 4.78 is 11.2. The molecule has 1 aliphatic heterocycles. The Hall–Kier alpha value is -1.78. The second-order valence-electron chi connectivity index (χ2n) is 10.3. The van der Waals surface area contributed by atoms with Crippen LogP contribution in [0.5, 0.6) is 5.75 Å². The van der Waals surface area contributed by atoms with Gasteiger partial charge in [0.2, 0.25) is 0 Å². The number of rotatable bonds is 5. The van der Waals surface area contributed by atoms with E-state index in [-0.39, 0.29) is 18.0 Å². The van der Waals surface area contributed by atoms with Gasteiger partial charge >= 0.3 is 5.97 Å². The van der Waals surface area contributed by atoms with E-state index in [2.05, 4.69) is 49.9 Å². The highest BCUT2D eigenvalue weighted by Gasteiger charge is 2.33. The molecule has 1 saturated carbocycles. The van der Waals surface area contributed by atoms with Gasteiger partial charge in [-0.25, -0.2) is 0 Å². The molecule has 0 aromatic heterocycles. The summed E-state index contributed by atoms with van der Waals surface area (Å²) in [4.78, 5) is 13.8. The van der Waals surface area contributed by atoms with Gasteiger partial charge in [0.05, 0.1) is 24.2 Å². The molecule has 0 spiro atoms. The first-order valence-electron chi connectivity index (χ1n) is 11.4. The minimum Gasteiger partial charge on any atom is -0.489 e. The van der Waals surface area contributed by atoms with E-state index < -0.39 is 0 Å². The summed E-state index contributed by atoms with van der Waals surface area (Å²) in [5.41, 5.74) is 1.60. The molecule has 0 N–H and O–H groups in total. The highest BCUT2D eigenvalue weighted by molar-refractivity contribution is 6.37. The van der Waals surface area contributed by atoms with E-state index in [0.29, 0.717) is 10.4 Å². The molecule has 2 aromatic carbocycles. The number of hydrogen-bond donors (Lipinski definition) is 0. The van der Waals surface area contributed by atoms with Crippen LogP contribution in [0.15, 0.2) is 30.3 Å². The van der Waals surface area contributed by atoms with Crippen LogP contribution < -0.4 is 4.74 Å². The molecule has 0 unspecified atom stereocenters. The Morgan fingerprint density at radius 1 is 1.10 bits per heavy atom. The maximum absolute atomic E-state index is 11.6. The van der Waals surface area contributed by atoms with Crippen LogP contribution in [-0.4, -0.2) is 37.2 Å². The zero-order valence-electron chi connectivity index (χ0n) is 19.1. The number of esters is 1.